The van der Waals surface area contributed by atoms with Crippen LogP contribution in [0.15, 0.2) is 18.2 Å². The molecule has 1 atom stereocenters. The lowest BCUT2D eigenvalue weighted by Gasteiger charge is -2.22. The Morgan fingerprint density at radius 1 is 1.35 bits per heavy atom. The second-order valence-corrected chi connectivity index (χ2v) is 5.53. The fourth-order valence-corrected chi connectivity index (χ4v) is 2.82. The molecule has 0 aromatic heterocycles. The molecule has 1 aromatic rings. The Kier molecular flexibility index (Phi) is 5.12. The van der Waals surface area contributed by atoms with Gasteiger partial charge < -0.3 is 10.6 Å². The minimum Gasteiger partial charge on any atom is -0.338 e. The summed E-state index contributed by atoms with van der Waals surface area (Å²) < 4.78 is 13.4. The molecule has 1 unspecified atom stereocenters. The maximum atomic E-state index is 13.4. The van der Waals surface area contributed by atoms with E-state index in [4.69, 9.17) is 5.73 Å². The molecule has 0 spiro atoms. The van der Waals surface area contributed by atoms with Crippen LogP contribution in [0.3, 0.4) is 0 Å². The number of nitrogens with two attached hydrogens (primary N) is 1. The van der Waals surface area contributed by atoms with Gasteiger partial charge in [-0.2, -0.15) is 0 Å². The van der Waals surface area contributed by atoms with Gasteiger partial charge in [0, 0.05) is 26.1 Å². The van der Waals surface area contributed by atoms with Gasteiger partial charge in [-0.25, -0.2) is 4.39 Å². The number of hydrogen-bond donors (Lipinski definition) is 1. The van der Waals surface area contributed by atoms with E-state index < -0.39 is 0 Å². The lowest BCUT2D eigenvalue weighted by molar-refractivity contribution is -0.131. The van der Waals surface area contributed by atoms with Gasteiger partial charge in [0.2, 0.25) is 5.91 Å². The number of halogens is 1. The van der Waals surface area contributed by atoms with Gasteiger partial charge in [0.15, 0.2) is 0 Å². The zero-order valence-electron chi connectivity index (χ0n) is 12.1. The van der Waals surface area contributed by atoms with Crippen molar-refractivity contribution >= 4 is 5.91 Å². The minimum absolute atomic E-state index is 0.174. The highest BCUT2D eigenvalue weighted by atomic mass is 19.1. The summed E-state index contributed by atoms with van der Waals surface area (Å²) in [4.78, 5) is 14.0. The molecule has 1 saturated heterocycles. The summed E-state index contributed by atoms with van der Waals surface area (Å²) in [6, 6.07) is 4.63. The molecular weight excluding hydrogens is 255 g/mol. The average Bonchev–Trinajstić information content (AvgIpc) is 2.62. The maximum absolute atomic E-state index is 13.4. The summed E-state index contributed by atoms with van der Waals surface area (Å²) >= 11 is 0. The zero-order valence-corrected chi connectivity index (χ0v) is 12.1. The molecule has 0 bridgehead atoms. The highest BCUT2D eigenvalue weighted by Crippen LogP contribution is 2.23. The number of benzene rings is 1. The molecule has 1 fully saturated rings. The first-order valence-electron chi connectivity index (χ1n) is 7.39. The molecule has 110 valence electrons. The van der Waals surface area contributed by atoms with Crippen molar-refractivity contribution in [2.75, 3.05) is 6.54 Å². The second-order valence-electron chi connectivity index (χ2n) is 5.53. The van der Waals surface area contributed by atoms with Crippen LogP contribution in [0.1, 0.15) is 43.7 Å². The number of carbonyl (C=O) groups is 1. The van der Waals surface area contributed by atoms with Gasteiger partial charge in [-0.1, -0.05) is 19.4 Å². The molecule has 1 aliphatic rings. The third-order valence-electron chi connectivity index (χ3n) is 4.25. The lowest BCUT2D eigenvalue weighted by Crippen LogP contribution is -2.30. The summed E-state index contributed by atoms with van der Waals surface area (Å²) in [6.45, 7) is 3.77. The van der Waals surface area contributed by atoms with Crippen LogP contribution in [-0.2, 0) is 17.9 Å². The largest absolute Gasteiger partial charge is 0.338 e. The SMILES string of the molecule is CCC1CCC(=O)N(Cc2cc(F)ccc2CN)CC1. The van der Waals surface area contributed by atoms with Crippen molar-refractivity contribution in [3.05, 3.63) is 35.1 Å². The smallest absolute Gasteiger partial charge is 0.222 e. The molecule has 1 aliphatic heterocycles. The first-order valence-corrected chi connectivity index (χ1v) is 7.39. The van der Waals surface area contributed by atoms with Crippen LogP contribution in [-0.4, -0.2) is 17.4 Å². The summed E-state index contributed by atoms with van der Waals surface area (Å²) in [5.74, 6) is 0.532. The Balaban J connectivity index is 2.12. The standard InChI is InChI=1S/C16H23FN2O/c1-2-12-3-6-16(20)19(8-7-12)11-14-9-15(17)5-4-13(14)10-18/h4-5,9,12H,2-3,6-8,10-11,18H2,1H3. The van der Waals surface area contributed by atoms with Gasteiger partial charge in [-0.3, -0.25) is 4.79 Å². The van der Waals surface area contributed by atoms with E-state index in [1.54, 1.807) is 6.07 Å². The van der Waals surface area contributed by atoms with Crippen molar-refractivity contribution in [3.63, 3.8) is 0 Å². The maximum Gasteiger partial charge on any atom is 0.222 e. The van der Waals surface area contributed by atoms with E-state index in [1.165, 1.54) is 12.1 Å². The predicted octanol–water partition coefficient (Wildman–Crippen LogP) is 2.82. The van der Waals surface area contributed by atoms with Crippen molar-refractivity contribution in [2.24, 2.45) is 11.7 Å². The molecule has 4 heteroatoms. The topological polar surface area (TPSA) is 46.3 Å². The zero-order chi connectivity index (χ0) is 14.5. The first-order chi connectivity index (χ1) is 9.63. The van der Waals surface area contributed by atoms with E-state index in [2.05, 4.69) is 6.92 Å². The Labute approximate surface area is 120 Å². The lowest BCUT2D eigenvalue weighted by atomic mass is 9.98. The van der Waals surface area contributed by atoms with Gasteiger partial charge in [-0.05, 0) is 42.0 Å². The average molecular weight is 278 g/mol. The molecule has 2 N–H and O–H groups in total. The Morgan fingerprint density at radius 2 is 2.15 bits per heavy atom. The van der Waals surface area contributed by atoms with E-state index >= 15 is 0 Å². The van der Waals surface area contributed by atoms with Gasteiger partial charge in [0.1, 0.15) is 5.82 Å². The van der Waals surface area contributed by atoms with Gasteiger partial charge in [0.25, 0.3) is 0 Å². The summed E-state index contributed by atoms with van der Waals surface area (Å²) in [5, 5.41) is 0. The van der Waals surface area contributed by atoms with Crippen LogP contribution in [0.4, 0.5) is 4.39 Å². The monoisotopic (exact) mass is 278 g/mol. The summed E-state index contributed by atoms with van der Waals surface area (Å²) in [7, 11) is 0. The molecule has 3 nitrogen and oxygen atoms in total. The van der Waals surface area contributed by atoms with Crippen LogP contribution in [0, 0.1) is 11.7 Å². The fraction of sp³-hybridized carbons (Fsp3) is 0.562. The van der Waals surface area contributed by atoms with E-state index in [9.17, 15) is 9.18 Å². The van der Waals surface area contributed by atoms with Crippen LogP contribution in [0.25, 0.3) is 0 Å². The first kappa shape index (κ1) is 15.0. The highest BCUT2D eigenvalue weighted by Gasteiger charge is 2.22. The molecule has 0 saturated carbocycles. The Morgan fingerprint density at radius 3 is 2.85 bits per heavy atom. The van der Waals surface area contributed by atoms with E-state index in [1.807, 2.05) is 4.90 Å². The van der Waals surface area contributed by atoms with E-state index in [-0.39, 0.29) is 11.7 Å². The minimum atomic E-state index is -0.272. The van der Waals surface area contributed by atoms with Gasteiger partial charge in [-0.15, -0.1) is 0 Å². The van der Waals surface area contributed by atoms with Crippen LogP contribution in [0.2, 0.25) is 0 Å². The van der Waals surface area contributed by atoms with E-state index in [0.29, 0.717) is 25.4 Å². The van der Waals surface area contributed by atoms with Crippen LogP contribution < -0.4 is 5.73 Å². The molecule has 0 aliphatic carbocycles. The molecule has 0 radical (unpaired) electrons. The summed E-state index contributed by atoms with van der Waals surface area (Å²) in [5.41, 5.74) is 7.43. The fourth-order valence-electron chi connectivity index (χ4n) is 2.82. The molecule has 2 rings (SSSR count). The number of nitrogens with zero attached hydrogens (tertiary/aromatic N) is 1. The van der Waals surface area contributed by atoms with Crippen molar-refractivity contribution in [2.45, 2.75) is 45.7 Å². The number of amides is 1. The molecule has 1 aromatic carbocycles. The normalized spacial score (nSPS) is 20.1. The quantitative estimate of drug-likeness (QED) is 0.920. The predicted molar refractivity (Wildman–Crippen MR) is 77.3 cm³/mol. The van der Waals surface area contributed by atoms with Crippen molar-refractivity contribution < 1.29 is 9.18 Å². The van der Waals surface area contributed by atoms with E-state index in [0.717, 1.165) is 36.9 Å². The third-order valence-corrected chi connectivity index (χ3v) is 4.25. The number of carbonyl (C=O) groups excluding carboxylic acids is 1. The molecule has 20 heavy (non-hydrogen) atoms. The Bertz CT molecular complexity index is 476. The molecule has 1 amide bonds. The molecular formula is C16H23FN2O. The molecule has 1 heterocycles. The van der Waals surface area contributed by atoms with Gasteiger partial charge in [0.05, 0.1) is 0 Å². The van der Waals surface area contributed by atoms with Crippen LogP contribution >= 0.6 is 0 Å². The number of hydrogen-bond acceptors (Lipinski definition) is 2. The third kappa shape index (κ3) is 3.57. The van der Waals surface area contributed by atoms with Crippen molar-refractivity contribution in [1.82, 2.24) is 4.90 Å². The van der Waals surface area contributed by atoms with Crippen LogP contribution in [0.5, 0.6) is 0 Å². The van der Waals surface area contributed by atoms with Crippen molar-refractivity contribution in [3.8, 4) is 0 Å². The van der Waals surface area contributed by atoms with Gasteiger partial charge >= 0.3 is 0 Å². The second kappa shape index (κ2) is 6.84. The summed E-state index contributed by atoms with van der Waals surface area (Å²) in [6.07, 6.45) is 3.73. The number of rotatable bonds is 4. The highest BCUT2D eigenvalue weighted by molar-refractivity contribution is 5.76. The number of likely N-dealkylation sites (tertiary alicyclic amines) is 1. The Hall–Kier alpha value is -1.42. The van der Waals surface area contributed by atoms with Crippen molar-refractivity contribution in [1.29, 1.82) is 0 Å².